The summed E-state index contributed by atoms with van der Waals surface area (Å²) >= 11 is 0. The Bertz CT molecular complexity index is 944. The van der Waals surface area contributed by atoms with E-state index in [-0.39, 0.29) is 0 Å². The van der Waals surface area contributed by atoms with Crippen molar-refractivity contribution in [2.24, 2.45) is 0 Å². The molecule has 0 fully saturated rings. The molecule has 132 valence electrons. The number of carbonyl (C=O) groups is 2. The van der Waals surface area contributed by atoms with E-state index in [1.807, 2.05) is 60.7 Å². The van der Waals surface area contributed by atoms with Gasteiger partial charge in [-0.1, -0.05) is 68.4 Å². The van der Waals surface area contributed by atoms with E-state index in [2.05, 4.69) is 24.5 Å². The van der Waals surface area contributed by atoms with Gasteiger partial charge in [0.1, 0.15) is 0 Å². The molecule has 3 aromatic carbocycles. The molecule has 3 rings (SSSR count). The highest BCUT2D eigenvalue weighted by Crippen LogP contribution is 2.27. The smallest absolute Gasteiger partial charge is 0.314 e. The molecular weight excluding hydrogens is 324 g/mol. The first kappa shape index (κ1) is 17.7. The topological polar surface area (TPSA) is 58.2 Å². The first-order chi connectivity index (χ1) is 12.6. The molecule has 0 bridgehead atoms. The largest absolute Gasteiger partial charge is 0.318 e. The van der Waals surface area contributed by atoms with Crippen LogP contribution in [0.3, 0.4) is 0 Å². The van der Waals surface area contributed by atoms with Crippen LogP contribution >= 0.6 is 0 Å². The lowest BCUT2D eigenvalue weighted by atomic mass is 9.97. The van der Waals surface area contributed by atoms with Gasteiger partial charge < -0.3 is 10.6 Å². The average molecular weight is 346 g/mol. The van der Waals surface area contributed by atoms with Gasteiger partial charge in [0.2, 0.25) is 0 Å². The molecule has 2 amide bonds. The zero-order valence-electron chi connectivity index (χ0n) is 15.0. The van der Waals surface area contributed by atoms with Crippen LogP contribution in [0.2, 0.25) is 0 Å². The van der Waals surface area contributed by atoms with Gasteiger partial charge in [0, 0.05) is 16.8 Å². The van der Waals surface area contributed by atoms with Crippen molar-refractivity contribution in [2.45, 2.75) is 26.2 Å². The van der Waals surface area contributed by atoms with Gasteiger partial charge in [-0.2, -0.15) is 0 Å². The van der Waals surface area contributed by atoms with Crippen molar-refractivity contribution >= 4 is 34.0 Å². The van der Waals surface area contributed by atoms with E-state index in [1.54, 1.807) is 6.07 Å². The van der Waals surface area contributed by atoms with Crippen LogP contribution in [0.25, 0.3) is 10.8 Å². The predicted molar refractivity (Wildman–Crippen MR) is 106 cm³/mol. The van der Waals surface area contributed by atoms with Crippen molar-refractivity contribution < 1.29 is 9.59 Å². The molecule has 4 heteroatoms. The number of fused-ring (bicyclic) bond motifs is 1. The lowest BCUT2D eigenvalue weighted by molar-refractivity contribution is -0.132. The fourth-order valence-corrected chi connectivity index (χ4v) is 2.95. The number of nitrogens with one attached hydrogen (secondary N) is 2. The minimum atomic E-state index is -0.680. The molecular formula is C22H22N2O2. The molecule has 0 aliphatic rings. The molecule has 26 heavy (non-hydrogen) atoms. The molecule has 0 heterocycles. The lowest BCUT2D eigenvalue weighted by Gasteiger charge is -2.15. The fraction of sp³-hybridized carbons (Fsp3) is 0.182. The number of benzene rings is 3. The molecule has 1 unspecified atom stereocenters. The molecule has 0 aromatic heterocycles. The van der Waals surface area contributed by atoms with Gasteiger partial charge in [-0.05, 0) is 35.4 Å². The first-order valence-corrected chi connectivity index (χ1v) is 8.79. The second-order valence-electron chi connectivity index (χ2n) is 6.33. The summed E-state index contributed by atoms with van der Waals surface area (Å²) in [6.07, 6.45) is 0.953. The van der Waals surface area contributed by atoms with Crippen LogP contribution in [0.4, 0.5) is 11.4 Å². The number of amides is 2. The van der Waals surface area contributed by atoms with Crippen LogP contribution in [-0.2, 0) is 9.59 Å². The van der Waals surface area contributed by atoms with E-state index in [9.17, 15) is 9.59 Å². The Labute approximate surface area is 153 Å². The Morgan fingerprint density at radius 3 is 2.15 bits per heavy atom. The molecule has 1 atom stereocenters. The summed E-state index contributed by atoms with van der Waals surface area (Å²) in [5.74, 6) is -1.05. The minimum Gasteiger partial charge on any atom is -0.318 e. The second-order valence-corrected chi connectivity index (χ2v) is 6.33. The number of hydrogen-bond donors (Lipinski definition) is 2. The number of carbonyl (C=O) groups excluding carboxylic acids is 2. The normalized spacial score (nSPS) is 11.8. The quantitative estimate of drug-likeness (QED) is 0.658. The molecule has 0 aliphatic carbocycles. The third-order valence-corrected chi connectivity index (χ3v) is 4.60. The van der Waals surface area contributed by atoms with Gasteiger partial charge in [-0.3, -0.25) is 9.59 Å². The van der Waals surface area contributed by atoms with Gasteiger partial charge >= 0.3 is 11.8 Å². The maximum absolute atomic E-state index is 12.4. The Hall–Kier alpha value is -3.14. The second kappa shape index (κ2) is 7.83. The van der Waals surface area contributed by atoms with Crippen molar-refractivity contribution in [1.82, 2.24) is 0 Å². The SMILES string of the molecule is CCC(C)c1ccccc1NC(=O)C(=O)Nc1cccc2ccccc12. The molecule has 0 saturated carbocycles. The molecule has 4 nitrogen and oxygen atoms in total. The summed E-state index contributed by atoms with van der Waals surface area (Å²) in [6, 6.07) is 20.9. The van der Waals surface area contributed by atoms with E-state index in [4.69, 9.17) is 0 Å². The lowest BCUT2D eigenvalue weighted by Crippen LogP contribution is -2.29. The van der Waals surface area contributed by atoms with Gasteiger partial charge in [-0.15, -0.1) is 0 Å². The molecule has 0 saturated heterocycles. The van der Waals surface area contributed by atoms with Crippen LogP contribution in [-0.4, -0.2) is 11.8 Å². The van der Waals surface area contributed by atoms with Gasteiger partial charge in [0.05, 0.1) is 0 Å². The molecule has 0 spiro atoms. The van der Waals surface area contributed by atoms with Gasteiger partial charge in [0.15, 0.2) is 0 Å². The van der Waals surface area contributed by atoms with Crippen molar-refractivity contribution in [3.8, 4) is 0 Å². The standard InChI is InChI=1S/C22H22N2O2/c1-3-15(2)17-11-6-7-13-19(17)23-21(25)22(26)24-20-14-8-10-16-9-4-5-12-18(16)20/h4-15H,3H2,1-2H3,(H,23,25)(H,24,26). The number of anilines is 2. The summed E-state index contributed by atoms with van der Waals surface area (Å²) < 4.78 is 0. The summed E-state index contributed by atoms with van der Waals surface area (Å²) in [7, 11) is 0. The average Bonchev–Trinajstić information content (AvgIpc) is 2.68. The van der Waals surface area contributed by atoms with E-state index in [0.717, 1.165) is 22.8 Å². The predicted octanol–water partition coefficient (Wildman–Crippen LogP) is 4.93. The summed E-state index contributed by atoms with van der Waals surface area (Å²) in [4.78, 5) is 24.8. The first-order valence-electron chi connectivity index (χ1n) is 8.79. The Balaban J connectivity index is 1.78. The van der Waals surface area contributed by atoms with Gasteiger partial charge in [-0.25, -0.2) is 0 Å². The Morgan fingerprint density at radius 1 is 0.808 bits per heavy atom. The summed E-state index contributed by atoms with van der Waals surface area (Å²) in [5, 5.41) is 7.37. The van der Waals surface area contributed by atoms with Gasteiger partial charge in [0.25, 0.3) is 0 Å². The Kier molecular flexibility index (Phi) is 5.32. The maximum atomic E-state index is 12.4. The van der Waals surface area contributed by atoms with E-state index in [0.29, 0.717) is 17.3 Å². The monoisotopic (exact) mass is 346 g/mol. The third-order valence-electron chi connectivity index (χ3n) is 4.60. The highest BCUT2D eigenvalue weighted by atomic mass is 16.2. The van der Waals surface area contributed by atoms with Crippen LogP contribution in [0, 0.1) is 0 Å². The van der Waals surface area contributed by atoms with Crippen LogP contribution < -0.4 is 10.6 Å². The summed E-state index contributed by atoms with van der Waals surface area (Å²) in [6.45, 7) is 4.19. The van der Waals surface area contributed by atoms with Crippen LogP contribution in [0.5, 0.6) is 0 Å². The molecule has 0 radical (unpaired) electrons. The zero-order chi connectivity index (χ0) is 18.5. The third kappa shape index (κ3) is 3.75. The highest BCUT2D eigenvalue weighted by molar-refractivity contribution is 6.44. The minimum absolute atomic E-state index is 0.299. The van der Waals surface area contributed by atoms with E-state index >= 15 is 0 Å². The van der Waals surface area contributed by atoms with E-state index < -0.39 is 11.8 Å². The highest BCUT2D eigenvalue weighted by Gasteiger charge is 2.17. The Morgan fingerprint density at radius 2 is 1.38 bits per heavy atom. The molecule has 0 aliphatic heterocycles. The number of rotatable bonds is 4. The fourth-order valence-electron chi connectivity index (χ4n) is 2.95. The number of hydrogen-bond acceptors (Lipinski definition) is 2. The zero-order valence-corrected chi connectivity index (χ0v) is 15.0. The van der Waals surface area contributed by atoms with Crippen LogP contribution in [0.1, 0.15) is 31.7 Å². The van der Waals surface area contributed by atoms with Crippen molar-refractivity contribution in [2.75, 3.05) is 10.6 Å². The van der Waals surface area contributed by atoms with Crippen molar-refractivity contribution in [3.05, 3.63) is 72.3 Å². The van der Waals surface area contributed by atoms with E-state index in [1.165, 1.54) is 0 Å². The number of para-hydroxylation sites is 1. The molecule has 3 aromatic rings. The summed E-state index contributed by atoms with van der Waals surface area (Å²) in [5.41, 5.74) is 2.33. The molecule has 2 N–H and O–H groups in total. The van der Waals surface area contributed by atoms with Crippen molar-refractivity contribution in [3.63, 3.8) is 0 Å². The van der Waals surface area contributed by atoms with Crippen LogP contribution in [0.15, 0.2) is 66.7 Å². The van der Waals surface area contributed by atoms with Crippen molar-refractivity contribution in [1.29, 1.82) is 0 Å². The maximum Gasteiger partial charge on any atom is 0.314 e.